The number of rotatable bonds is 4. The summed E-state index contributed by atoms with van der Waals surface area (Å²) < 4.78 is 5.36. The summed E-state index contributed by atoms with van der Waals surface area (Å²) in [5.74, 6) is 3.11. The third-order valence-electron chi connectivity index (χ3n) is 3.04. The van der Waals surface area contributed by atoms with Gasteiger partial charge in [-0.25, -0.2) is 0 Å². The minimum atomic E-state index is -0.0654. The van der Waals surface area contributed by atoms with E-state index >= 15 is 0 Å². The summed E-state index contributed by atoms with van der Waals surface area (Å²) in [6, 6.07) is 6.13. The highest BCUT2D eigenvalue weighted by molar-refractivity contribution is 7.99. The molecule has 5 heteroatoms. The number of carbonyl (C=O) groups is 1. The van der Waals surface area contributed by atoms with Gasteiger partial charge in [-0.05, 0) is 36.8 Å². The van der Waals surface area contributed by atoms with Crippen molar-refractivity contribution in [2.75, 3.05) is 29.2 Å². The van der Waals surface area contributed by atoms with Gasteiger partial charge in [-0.3, -0.25) is 4.79 Å². The summed E-state index contributed by atoms with van der Waals surface area (Å²) in [4.78, 5) is 11.1. The second kappa shape index (κ2) is 6.70. The fourth-order valence-electron chi connectivity index (χ4n) is 2.18. The zero-order valence-electron chi connectivity index (χ0n) is 11.4. The van der Waals surface area contributed by atoms with E-state index in [0.29, 0.717) is 6.04 Å². The Labute approximate surface area is 118 Å². The molecule has 1 atom stereocenters. The first-order chi connectivity index (χ1) is 9.19. The number of hydrogen-bond acceptors (Lipinski definition) is 4. The van der Waals surface area contributed by atoms with E-state index in [9.17, 15) is 4.79 Å². The highest BCUT2D eigenvalue weighted by Crippen LogP contribution is 2.30. The number of hydrogen-bond donors (Lipinski definition) is 2. The summed E-state index contributed by atoms with van der Waals surface area (Å²) in [5.41, 5.74) is 1.74. The lowest BCUT2D eigenvalue weighted by Crippen LogP contribution is -2.26. The molecular formula is C14H20N2O2S. The molecule has 0 spiro atoms. The molecule has 1 unspecified atom stereocenters. The molecule has 0 saturated carbocycles. The minimum absolute atomic E-state index is 0.0654. The van der Waals surface area contributed by atoms with Gasteiger partial charge in [0.2, 0.25) is 5.91 Å². The van der Waals surface area contributed by atoms with Crippen molar-refractivity contribution in [3.05, 3.63) is 18.2 Å². The minimum Gasteiger partial charge on any atom is -0.495 e. The van der Waals surface area contributed by atoms with E-state index in [1.807, 2.05) is 30.0 Å². The molecular weight excluding hydrogens is 260 g/mol. The predicted molar refractivity (Wildman–Crippen MR) is 81.3 cm³/mol. The summed E-state index contributed by atoms with van der Waals surface area (Å²) >= 11 is 1.98. The van der Waals surface area contributed by atoms with Gasteiger partial charge in [0.15, 0.2) is 0 Å². The van der Waals surface area contributed by atoms with Gasteiger partial charge in [0.25, 0.3) is 0 Å². The topological polar surface area (TPSA) is 50.4 Å². The summed E-state index contributed by atoms with van der Waals surface area (Å²) in [6.07, 6.45) is 2.43. The molecule has 1 fully saturated rings. The third kappa shape index (κ3) is 4.06. The van der Waals surface area contributed by atoms with E-state index < -0.39 is 0 Å². The fourth-order valence-corrected chi connectivity index (χ4v) is 3.25. The maximum atomic E-state index is 11.1. The Morgan fingerprint density at radius 3 is 2.95 bits per heavy atom. The molecule has 0 radical (unpaired) electrons. The Bertz CT molecular complexity index is 445. The van der Waals surface area contributed by atoms with Crippen molar-refractivity contribution in [2.24, 2.45) is 0 Å². The number of nitrogens with one attached hydrogen (secondary N) is 2. The molecule has 0 bridgehead atoms. The smallest absolute Gasteiger partial charge is 0.221 e. The quantitative estimate of drug-likeness (QED) is 0.890. The standard InChI is InChI=1S/C14H20N2O2S/c1-10(17)15-11-5-6-14(18-2)13(8-11)16-12-4-3-7-19-9-12/h5-6,8,12,16H,3-4,7,9H2,1-2H3,(H,15,17). The van der Waals surface area contributed by atoms with Gasteiger partial charge in [0, 0.05) is 24.4 Å². The van der Waals surface area contributed by atoms with Crippen molar-refractivity contribution in [1.29, 1.82) is 0 Å². The molecule has 1 aromatic carbocycles. The zero-order chi connectivity index (χ0) is 13.7. The van der Waals surface area contributed by atoms with Crippen LogP contribution in [0.3, 0.4) is 0 Å². The van der Waals surface area contributed by atoms with Crippen molar-refractivity contribution in [3.8, 4) is 5.75 Å². The van der Waals surface area contributed by atoms with E-state index in [0.717, 1.165) is 22.9 Å². The molecule has 1 heterocycles. The van der Waals surface area contributed by atoms with Crippen molar-refractivity contribution in [2.45, 2.75) is 25.8 Å². The molecule has 0 aliphatic carbocycles. The van der Waals surface area contributed by atoms with E-state index in [4.69, 9.17) is 4.74 Å². The molecule has 19 heavy (non-hydrogen) atoms. The van der Waals surface area contributed by atoms with Crippen LogP contribution in [0.5, 0.6) is 5.75 Å². The van der Waals surface area contributed by atoms with Crippen LogP contribution in [0.1, 0.15) is 19.8 Å². The second-order valence-electron chi connectivity index (χ2n) is 4.65. The van der Waals surface area contributed by atoms with Gasteiger partial charge in [0.1, 0.15) is 5.75 Å². The van der Waals surface area contributed by atoms with Gasteiger partial charge in [-0.1, -0.05) is 0 Å². The Morgan fingerprint density at radius 2 is 2.32 bits per heavy atom. The fraction of sp³-hybridized carbons (Fsp3) is 0.500. The number of benzene rings is 1. The van der Waals surface area contributed by atoms with Crippen molar-refractivity contribution in [1.82, 2.24) is 0 Å². The predicted octanol–water partition coefficient (Wildman–Crippen LogP) is 2.96. The first-order valence-corrected chi connectivity index (χ1v) is 7.64. The lowest BCUT2D eigenvalue weighted by Gasteiger charge is -2.24. The number of carbonyl (C=O) groups excluding carboxylic acids is 1. The van der Waals surface area contributed by atoms with Crippen LogP contribution >= 0.6 is 11.8 Å². The normalized spacial score (nSPS) is 18.7. The molecule has 104 valence electrons. The van der Waals surface area contributed by atoms with Crippen LogP contribution in [0, 0.1) is 0 Å². The van der Waals surface area contributed by atoms with Crippen LogP contribution in [0.15, 0.2) is 18.2 Å². The number of anilines is 2. The average Bonchev–Trinajstić information content (AvgIpc) is 2.39. The van der Waals surface area contributed by atoms with Gasteiger partial charge in [0.05, 0.1) is 12.8 Å². The zero-order valence-corrected chi connectivity index (χ0v) is 12.2. The van der Waals surface area contributed by atoms with E-state index in [1.54, 1.807) is 7.11 Å². The van der Waals surface area contributed by atoms with Crippen molar-refractivity contribution >= 4 is 29.0 Å². The number of thioether (sulfide) groups is 1. The number of methoxy groups -OCH3 is 1. The SMILES string of the molecule is COc1ccc(NC(C)=O)cc1NC1CCCSC1. The van der Waals surface area contributed by atoms with Crippen LogP contribution in [0.2, 0.25) is 0 Å². The number of amides is 1. The summed E-state index contributed by atoms with van der Waals surface area (Å²) in [5, 5.41) is 6.31. The summed E-state index contributed by atoms with van der Waals surface area (Å²) in [6.45, 7) is 1.51. The Hall–Kier alpha value is -1.36. The Kier molecular flexibility index (Phi) is 4.96. The second-order valence-corrected chi connectivity index (χ2v) is 5.80. The molecule has 2 N–H and O–H groups in total. The maximum Gasteiger partial charge on any atom is 0.221 e. The van der Waals surface area contributed by atoms with Gasteiger partial charge < -0.3 is 15.4 Å². The highest BCUT2D eigenvalue weighted by atomic mass is 32.2. The van der Waals surface area contributed by atoms with Gasteiger partial charge >= 0.3 is 0 Å². The Balaban J connectivity index is 2.12. The van der Waals surface area contributed by atoms with Gasteiger partial charge in [-0.15, -0.1) is 0 Å². The molecule has 1 saturated heterocycles. The maximum absolute atomic E-state index is 11.1. The lowest BCUT2D eigenvalue weighted by molar-refractivity contribution is -0.114. The first kappa shape index (κ1) is 14.1. The van der Waals surface area contributed by atoms with Crippen molar-refractivity contribution in [3.63, 3.8) is 0 Å². The molecule has 2 rings (SSSR count). The summed E-state index contributed by atoms with van der Waals surface area (Å²) in [7, 11) is 1.66. The molecule has 1 amide bonds. The van der Waals surface area contributed by atoms with Crippen LogP contribution < -0.4 is 15.4 Å². The van der Waals surface area contributed by atoms with Crippen LogP contribution in [-0.2, 0) is 4.79 Å². The van der Waals surface area contributed by atoms with E-state index in [2.05, 4.69) is 10.6 Å². The molecule has 1 aromatic rings. The third-order valence-corrected chi connectivity index (χ3v) is 4.26. The van der Waals surface area contributed by atoms with E-state index in [-0.39, 0.29) is 5.91 Å². The van der Waals surface area contributed by atoms with Crippen LogP contribution in [0.4, 0.5) is 11.4 Å². The molecule has 1 aliphatic heterocycles. The molecule has 4 nitrogen and oxygen atoms in total. The largest absolute Gasteiger partial charge is 0.495 e. The highest BCUT2D eigenvalue weighted by Gasteiger charge is 2.15. The Morgan fingerprint density at radius 1 is 1.47 bits per heavy atom. The monoisotopic (exact) mass is 280 g/mol. The molecule has 0 aromatic heterocycles. The average molecular weight is 280 g/mol. The van der Waals surface area contributed by atoms with Crippen molar-refractivity contribution < 1.29 is 9.53 Å². The van der Waals surface area contributed by atoms with Gasteiger partial charge in [-0.2, -0.15) is 11.8 Å². The molecule has 1 aliphatic rings. The van der Waals surface area contributed by atoms with Crippen LogP contribution in [-0.4, -0.2) is 30.6 Å². The lowest BCUT2D eigenvalue weighted by atomic mass is 10.1. The number of ether oxygens (including phenoxy) is 1. The van der Waals surface area contributed by atoms with E-state index in [1.165, 1.54) is 25.5 Å². The first-order valence-electron chi connectivity index (χ1n) is 6.49. The van der Waals surface area contributed by atoms with Crippen LogP contribution in [0.25, 0.3) is 0 Å².